The first-order valence-corrected chi connectivity index (χ1v) is 9.64. The fourth-order valence-corrected chi connectivity index (χ4v) is 3.96. The van der Waals surface area contributed by atoms with Gasteiger partial charge in [-0.05, 0) is 31.2 Å². The van der Waals surface area contributed by atoms with E-state index in [-0.39, 0.29) is 11.9 Å². The summed E-state index contributed by atoms with van der Waals surface area (Å²) in [6.45, 7) is 2.96. The Kier molecular flexibility index (Phi) is 4.34. The van der Waals surface area contributed by atoms with Gasteiger partial charge >= 0.3 is 6.18 Å². The number of halogens is 3. The number of aromatic nitrogens is 3. The van der Waals surface area contributed by atoms with E-state index >= 15 is 0 Å². The Hall–Kier alpha value is -2.81. The van der Waals surface area contributed by atoms with E-state index in [4.69, 9.17) is 9.72 Å². The van der Waals surface area contributed by atoms with Gasteiger partial charge in [0.25, 0.3) is 0 Å². The molecule has 6 nitrogen and oxygen atoms in total. The van der Waals surface area contributed by atoms with Gasteiger partial charge in [-0.1, -0.05) is 6.07 Å². The molecule has 2 aliphatic heterocycles. The molecule has 2 aliphatic rings. The Bertz CT molecular complexity index is 1040. The summed E-state index contributed by atoms with van der Waals surface area (Å²) in [5, 5.41) is 7.83. The first-order chi connectivity index (χ1) is 14.0. The Balaban J connectivity index is 1.37. The van der Waals surface area contributed by atoms with E-state index in [1.54, 1.807) is 12.3 Å². The molecule has 0 amide bonds. The molecule has 1 aromatic carbocycles. The molecule has 3 aromatic rings. The van der Waals surface area contributed by atoms with Gasteiger partial charge in [0.2, 0.25) is 0 Å². The predicted molar refractivity (Wildman–Crippen MR) is 101 cm³/mol. The molecule has 1 saturated heterocycles. The molecular weight excluding hydrogens is 383 g/mol. The molecule has 0 atom stereocenters. The Morgan fingerprint density at radius 1 is 1.10 bits per heavy atom. The summed E-state index contributed by atoms with van der Waals surface area (Å²) in [6, 6.07) is 6.93. The third-order valence-electron chi connectivity index (χ3n) is 5.39. The van der Waals surface area contributed by atoms with E-state index in [0.29, 0.717) is 13.1 Å². The van der Waals surface area contributed by atoms with Crippen molar-refractivity contribution >= 4 is 11.5 Å². The fourth-order valence-electron chi connectivity index (χ4n) is 3.96. The number of nitrogens with one attached hydrogen (secondary N) is 1. The number of rotatable bonds is 3. The number of nitrogens with zero attached hydrogens (tertiary/aromatic N) is 4. The molecule has 4 heterocycles. The minimum atomic E-state index is -4.38. The average molecular weight is 403 g/mol. The molecule has 0 saturated carbocycles. The Morgan fingerprint density at radius 3 is 2.76 bits per heavy atom. The van der Waals surface area contributed by atoms with E-state index in [0.717, 1.165) is 55.2 Å². The lowest BCUT2D eigenvalue weighted by atomic mass is 10.1. The van der Waals surface area contributed by atoms with Crippen molar-refractivity contribution in [2.75, 3.05) is 31.1 Å². The summed E-state index contributed by atoms with van der Waals surface area (Å²) in [4.78, 5) is 6.92. The highest BCUT2D eigenvalue weighted by Crippen LogP contribution is 2.33. The average Bonchev–Trinajstić information content (AvgIpc) is 2.99. The van der Waals surface area contributed by atoms with Crippen molar-refractivity contribution in [2.45, 2.75) is 25.1 Å². The molecule has 0 unspecified atom stereocenters. The molecule has 0 bridgehead atoms. The van der Waals surface area contributed by atoms with Gasteiger partial charge in [0.15, 0.2) is 5.65 Å². The number of alkyl halides is 3. The van der Waals surface area contributed by atoms with Crippen LogP contribution in [0, 0.1) is 0 Å². The van der Waals surface area contributed by atoms with E-state index in [9.17, 15) is 13.2 Å². The molecule has 0 radical (unpaired) electrons. The smallest absolute Gasteiger partial charge is 0.416 e. The molecule has 1 fully saturated rings. The number of benzene rings is 1. The van der Waals surface area contributed by atoms with Crippen LogP contribution in [0.1, 0.15) is 16.8 Å². The molecule has 0 aliphatic carbocycles. The summed E-state index contributed by atoms with van der Waals surface area (Å²) in [5.74, 6) is 1.26. The topological polar surface area (TPSA) is 54.7 Å². The zero-order chi connectivity index (χ0) is 20.0. The summed E-state index contributed by atoms with van der Waals surface area (Å²) in [6.07, 6.45) is -1.08. The maximum absolute atomic E-state index is 12.9. The molecule has 29 heavy (non-hydrogen) atoms. The molecule has 0 spiro atoms. The van der Waals surface area contributed by atoms with Gasteiger partial charge in [-0.15, -0.1) is 0 Å². The van der Waals surface area contributed by atoms with E-state index in [1.165, 1.54) is 11.6 Å². The van der Waals surface area contributed by atoms with Crippen LogP contribution in [0.5, 0.6) is 5.75 Å². The zero-order valence-electron chi connectivity index (χ0n) is 15.6. The quantitative estimate of drug-likeness (QED) is 0.729. The van der Waals surface area contributed by atoms with E-state index in [2.05, 4.69) is 15.3 Å². The number of ether oxygens (including phenoxy) is 1. The normalized spacial score (nSPS) is 17.7. The van der Waals surface area contributed by atoms with Crippen molar-refractivity contribution in [3.63, 3.8) is 0 Å². The Morgan fingerprint density at radius 2 is 1.93 bits per heavy atom. The highest BCUT2D eigenvalue weighted by atomic mass is 19.4. The number of hydrogen-bond acceptors (Lipinski definition) is 5. The van der Waals surface area contributed by atoms with Gasteiger partial charge in [0.05, 0.1) is 30.5 Å². The van der Waals surface area contributed by atoms with Crippen LogP contribution in [0.4, 0.5) is 19.0 Å². The zero-order valence-corrected chi connectivity index (χ0v) is 15.6. The summed E-state index contributed by atoms with van der Waals surface area (Å²) >= 11 is 0. The second-order valence-electron chi connectivity index (χ2n) is 7.38. The first-order valence-electron chi connectivity index (χ1n) is 9.64. The largest absolute Gasteiger partial charge is 0.487 e. The van der Waals surface area contributed by atoms with Crippen LogP contribution in [-0.2, 0) is 19.0 Å². The van der Waals surface area contributed by atoms with Crippen LogP contribution >= 0.6 is 0 Å². The maximum atomic E-state index is 12.9. The predicted octanol–water partition coefficient (Wildman–Crippen LogP) is 2.70. The fraction of sp³-hybridized carbons (Fsp3) is 0.400. The second kappa shape index (κ2) is 6.91. The summed E-state index contributed by atoms with van der Waals surface area (Å²) in [7, 11) is 0. The lowest BCUT2D eigenvalue weighted by Crippen LogP contribution is -2.55. The highest BCUT2D eigenvalue weighted by molar-refractivity contribution is 5.59. The molecule has 1 N–H and O–H groups in total. The van der Waals surface area contributed by atoms with E-state index < -0.39 is 11.7 Å². The van der Waals surface area contributed by atoms with Gasteiger partial charge in [0.1, 0.15) is 17.7 Å². The molecule has 9 heteroatoms. The number of fused-ring (bicyclic) bond motifs is 2. The lowest BCUT2D eigenvalue weighted by Gasteiger charge is -2.41. The SMILES string of the molecule is FC(F)(F)c1cccc(OC2CN(c3c4c(nc5ccnn35)CCNCC4)C2)c1. The van der Waals surface area contributed by atoms with Gasteiger partial charge < -0.3 is 15.0 Å². The summed E-state index contributed by atoms with van der Waals surface area (Å²) in [5.41, 5.74) is 2.38. The molecular formula is C20H20F3N5O. The standard InChI is InChI=1S/C20H20F3N5O/c21-20(22,23)13-2-1-3-14(10-13)29-15-11-27(12-15)19-16-4-7-24-8-5-17(16)26-18-6-9-25-28(18)19/h1-3,6,9-10,15,24H,4-5,7-8,11-12H2. The van der Waals surface area contributed by atoms with E-state index in [1.807, 2.05) is 10.6 Å². The second-order valence-corrected chi connectivity index (χ2v) is 7.38. The molecule has 2 aromatic heterocycles. The van der Waals surface area contributed by atoms with Crippen LogP contribution in [0.25, 0.3) is 5.65 Å². The minimum Gasteiger partial charge on any atom is -0.487 e. The van der Waals surface area contributed by atoms with Crippen molar-refractivity contribution in [3.8, 4) is 5.75 Å². The van der Waals surface area contributed by atoms with Crippen LogP contribution in [0.15, 0.2) is 36.5 Å². The van der Waals surface area contributed by atoms with Gasteiger partial charge in [0, 0.05) is 24.6 Å². The first kappa shape index (κ1) is 18.2. The minimum absolute atomic E-state index is 0.170. The number of anilines is 1. The van der Waals surface area contributed by atoms with Gasteiger partial charge in [-0.2, -0.15) is 22.8 Å². The third-order valence-corrected chi connectivity index (χ3v) is 5.39. The maximum Gasteiger partial charge on any atom is 0.416 e. The van der Waals surface area contributed by atoms with Crippen LogP contribution < -0.4 is 15.0 Å². The highest BCUT2D eigenvalue weighted by Gasteiger charge is 2.34. The lowest BCUT2D eigenvalue weighted by molar-refractivity contribution is -0.137. The Labute approximate surface area is 165 Å². The van der Waals surface area contributed by atoms with Crippen molar-refractivity contribution < 1.29 is 17.9 Å². The van der Waals surface area contributed by atoms with Crippen molar-refractivity contribution in [2.24, 2.45) is 0 Å². The van der Waals surface area contributed by atoms with Crippen molar-refractivity contribution in [1.29, 1.82) is 0 Å². The van der Waals surface area contributed by atoms with Crippen molar-refractivity contribution in [1.82, 2.24) is 19.9 Å². The summed E-state index contributed by atoms with van der Waals surface area (Å²) < 4.78 is 46.4. The van der Waals surface area contributed by atoms with Crippen LogP contribution in [0.3, 0.4) is 0 Å². The van der Waals surface area contributed by atoms with Crippen molar-refractivity contribution in [3.05, 3.63) is 53.3 Å². The van der Waals surface area contributed by atoms with Crippen LogP contribution in [-0.4, -0.2) is 46.9 Å². The number of hydrogen-bond donors (Lipinski definition) is 1. The van der Waals surface area contributed by atoms with Gasteiger partial charge in [-0.25, -0.2) is 4.98 Å². The molecule has 152 valence electrons. The third kappa shape index (κ3) is 3.39. The van der Waals surface area contributed by atoms with Gasteiger partial charge in [-0.3, -0.25) is 0 Å². The van der Waals surface area contributed by atoms with Crippen LogP contribution in [0.2, 0.25) is 0 Å². The molecule has 5 rings (SSSR count). The monoisotopic (exact) mass is 403 g/mol.